The Kier molecular flexibility index (Phi) is 3.61. The molecule has 2 aromatic rings. The van der Waals surface area contributed by atoms with Crippen molar-refractivity contribution in [1.82, 2.24) is 19.7 Å². The lowest BCUT2D eigenvalue weighted by Crippen LogP contribution is -2.44. The number of halogens is 1. The first kappa shape index (κ1) is 13.4. The van der Waals surface area contributed by atoms with Crippen LogP contribution in [0, 0.1) is 0 Å². The first-order valence-electron chi connectivity index (χ1n) is 6.90. The van der Waals surface area contributed by atoms with Gasteiger partial charge in [0.05, 0.1) is 0 Å². The molecule has 1 unspecified atom stereocenters. The monoisotopic (exact) mass is 292 g/mol. The van der Waals surface area contributed by atoms with Gasteiger partial charge in [0.2, 0.25) is 5.91 Å². The molecule has 0 saturated carbocycles. The molecule has 3 heterocycles. The van der Waals surface area contributed by atoms with Crippen LogP contribution in [-0.4, -0.2) is 38.2 Å². The van der Waals surface area contributed by atoms with Crippen molar-refractivity contribution in [2.45, 2.75) is 38.8 Å². The van der Waals surface area contributed by atoms with E-state index in [0.717, 1.165) is 37.0 Å². The number of carbonyl (C=O) groups excluding carboxylic acids is 1. The Morgan fingerprint density at radius 2 is 2.30 bits per heavy atom. The fourth-order valence-electron chi connectivity index (χ4n) is 2.94. The molecule has 1 amide bonds. The predicted molar refractivity (Wildman–Crippen MR) is 77.6 cm³/mol. The van der Waals surface area contributed by atoms with Crippen LogP contribution in [-0.2, 0) is 11.3 Å². The zero-order chi connectivity index (χ0) is 14.1. The van der Waals surface area contributed by atoms with Crippen LogP contribution in [0.5, 0.6) is 0 Å². The molecule has 2 aromatic heterocycles. The smallest absolute Gasteiger partial charge is 0.219 e. The molecular formula is C14H17ClN4O. The summed E-state index contributed by atoms with van der Waals surface area (Å²) in [5.41, 5.74) is 0.823. The van der Waals surface area contributed by atoms with Crippen LogP contribution in [0.3, 0.4) is 0 Å². The molecule has 1 saturated heterocycles. The average molecular weight is 293 g/mol. The number of aromatic nitrogens is 3. The van der Waals surface area contributed by atoms with E-state index in [1.54, 1.807) is 6.92 Å². The predicted octanol–water partition coefficient (Wildman–Crippen LogP) is 2.49. The van der Waals surface area contributed by atoms with Crippen molar-refractivity contribution in [3.05, 3.63) is 23.5 Å². The molecule has 6 heteroatoms. The minimum absolute atomic E-state index is 0.153. The zero-order valence-corrected chi connectivity index (χ0v) is 12.2. The van der Waals surface area contributed by atoms with Crippen LogP contribution in [0.4, 0.5) is 0 Å². The standard InChI is InChI=1S/C14H17ClN4O/c1-10(20)19-6-3-2-4-12(19)9-18-7-5-11-8-13(15)16-17-14(11)18/h5,7-8,12H,2-4,6,9H2,1H3. The summed E-state index contributed by atoms with van der Waals surface area (Å²) in [6.45, 7) is 3.27. The molecule has 106 valence electrons. The molecule has 3 rings (SSSR count). The Labute approximate surface area is 122 Å². The Morgan fingerprint density at radius 3 is 3.10 bits per heavy atom. The summed E-state index contributed by atoms with van der Waals surface area (Å²) >= 11 is 5.85. The van der Waals surface area contributed by atoms with Gasteiger partial charge in [-0.2, -0.15) is 0 Å². The van der Waals surface area contributed by atoms with E-state index in [1.807, 2.05) is 23.2 Å². The number of fused-ring (bicyclic) bond motifs is 1. The average Bonchev–Trinajstić information content (AvgIpc) is 2.81. The van der Waals surface area contributed by atoms with Gasteiger partial charge < -0.3 is 9.47 Å². The van der Waals surface area contributed by atoms with E-state index < -0.39 is 0 Å². The molecule has 0 N–H and O–H groups in total. The van der Waals surface area contributed by atoms with Crippen molar-refractivity contribution in [3.8, 4) is 0 Å². The lowest BCUT2D eigenvalue weighted by atomic mass is 10.0. The quantitative estimate of drug-likeness (QED) is 0.854. The summed E-state index contributed by atoms with van der Waals surface area (Å²) in [7, 11) is 0. The highest BCUT2D eigenvalue weighted by molar-refractivity contribution is 6.29. The Balaban J connectivity index is 1.86. The number of amides is 1. The van der Waals surface area contributed by atoms with Gasteiger partial charge in [0, 0.05) is 37.6 Å². The third-order valence-electron chi connectivity index (χ3n) is 3.92. The number of nitrogens with zero attached hydrogens (tertiary/aromatic N) is 4. The van der Waals surface area contributed by atoms with Gasteiger partial charge in [-0.05, 0) is 31.4 Å². The highest BCUT2D eigenvalue weighted by atomic mass is 35.5. The molecule has 5 nitrogen and oxygen atoms in total. The highest BCUT2D eigenvalue weighted by Crippen LogP contribution is 2.22. The lowest BCUT2D eigenvalue weighted by Gasteiger charge is -2.35. The second-order valence-corrected chi connectivity index (χ2v) is 5.66. The van der Waals surface area contributed by atoms with E-state index >= 15 is 0 Å². The van der Waals surface area contributed by atoms with Crippen LogP contribution >= 0.6 is 11.6 Å². The third kappa shape index (κ3) is 2.50. The molecule has 0 spiro atoms. The second-order valence-electron chi connectivity index (χ2n) is 5.28. The number of hydrogen-bond donors (Lipinski definition) is 0. The molecule has 1 aliphatic heterocycles. The molecule has 1 aliphatic rings. The van der Waals surface area contributed by atoms with Crippen LogP contribution in [0.15, 0.2) is 18.3 Å². The maximum absolute atomic E-state index is 11.7. The van der Waals surface area contributed by atoms with Crippen LogP contribution in [0.1, 0.15) is 26.2 Å². The van der Waals surface area contributed by atoms with E-state index in [1.165, 1.54) is 6.42 Å². The summed E-state index contributed by atoms with van der Waals surface area (Å²) in [5, 5.41) is 9.44. The summed E-state index contributed by atoms with van der Waals surface area (Å²) in [6.07, 6.45) is 5.30. The van der Waals surface area contributed by atoms with Crippen LogP contribution < -0.4 is 0 Å². The largest absolute Gasteiger partial charge is 0.338 e. The van der Waals surface area contributed by atoms with Gasteiger partial charge in [-0.15, -0.1) is 10.2 Å². The molecular weight excluding hydrogens is 276 g/mol. The molecule has 1 atom stereocenters. The van der Waals surface area contributed by atoms with E-state index in [2.05, 4.69) is 14.8 Å². The summed E-state index contributed by atoms with van der Waals surface area (Å²) in [6, 6.07) is 4.04. The second kappa shape index (κ2) is 5.40. The maximum atomic E-state index is 11.7. The van der Waals surface area contributed by atoms with Crippen molar-refractivity contribution >= 4 is 28.5 Å². The SMILES string of the molecule is CC(=O)N1CCCCC1Cn1ccc2cc(Cl)nnc21. The number of piperidine rings is 1. The summed E-state index contributed by atoms with van der Waals surface area (Å²) < 4.78 is 2.06. The number of carbonyl (C=O) groups is 1. The number of rotatable bonds is 2. The molecule has 0 bridgehead atoms. The maximum Gasteiger partial charge on any atom is 0.219 e. The minimum atomic E-state index is 0.153. The molecule has 0 aromatic carbocycles. The first-order chi connectivity index (χ1) is 9.65. The van der Waals surface area contributed by atoms with Crippen LogP contribution in [0.2, 0.25) is 5.15 Å². The van der Waals surface area contributed by atoms with Crippen LogP contribution in [0.25, 0.3) is 11.0 Å². The zero-order valence-electron chi connectivity index (χ0n) is 11.4. The van der Waals surface area contributed by atoms with Crippen molar-refractivity contribution in [2.75, 3.05) is 6.54 Å². The third-order valence-corrected chi connectivity index (χ3v) is 4.10. The van der Waals surface area contributed by atoms with Crippen molar-refractivity contribution in [1.29, 1.82) is 0 Å². The minimum Gasteiger partial charge on any atom is -0.338 e. The van der Waals surface area contributed by atoms with Gasteiger partial charge in [-0.3, -0.25) is 4.79 Å². The summed E-state index contributed by atoms with van der Waals surface area (Å²) in [5.74, 6) is 0.153. The fraction of sp³-hybridized carbons (Fsp3) is 0.500. The molecule has 0 radical (unpaired) electrons. The number of hydrogen-bond acceptors (Lipinski definition) is 3. The van der Waals surface area contributed by atoms with Gasteiger partial charge in [0.15, 0.2) is 10.8 Å². The fourth-order valence-corrected chi connectivity index (χ4v) is 3.10. The van der Waals surface area contributed by atoms with Gasteiger partial charge >= 0.3 is 0 Å². The van der Waals surface area contributed by atoms with E-state index in [0.29, 0.717) is 5.15 Å². The van der Waals surface area contributed by atoms with Crippen molar-refractivity contribution < 1.29 is 4.79 Å². The molecule has 0 aliphatic carbocycles. The van der Waals surface area contributed by atoms with Crippen molar-refractivity contribution in [2.24, 2.45) is 0 Å². The molecule has 20 heavy (non-hydrogen) atoms. The Hall–Kier alpha value is -1.62. The Morgan fingerprint density at radius 1 is 1.45 bits per heavy atom. The van der Waals surface area contributed by atoms with Gasteiger partial charge in [0.1, 0.15) is 0 Å². The van der Waals surface area contributed by atoms with E-state index in [4.69, 9.17) is 11.6 Å². The lowest BCUT2D eigenvalue weighted by molar-refractivity contribution is -0.132. The highest BCUT2D eigenvalue weighted by Gasteiger charge is 2.25. The number of likely N-dealkylation sites (tertiary alicyclic amines) is 1. The topological polar surface area (TPSA) is 51.0 Å². The van der Waals surface area contributed by atoms with Crippen molar-refractivity contribution in [3.63, 3.8) is 0 Å². The first-order valence-corrected chi connectivity index (χ1v) is 7.28. The van der Waals surface area contributed by atoms with Gasteiger partial charge in [-0.25, -0.2) is 0 Å². The van der Waals surface area contributed by atoms with Gasteiger partial charge in [0.25, 0.3) is 0 Å². The van der Waals surface area contributed by atoms with Gasteiger partial charge in [-0.1, -0.05) is 11.6 Å². The molecule has 1 fully saturated rings. The van der Waals surface area contributed by atoms with E-state index in [-0.39, 0.29) is 11.9 Å². The normalized spacial score (nSPS) is 19.5. The van der Waals surface area contributed by atoms with E-state index in [9.17, 15) is 4.79 Å². The summed E-state index contributed by atoms with van der Waals surface area (Å²) in [4.78, 5) is 13.7. The Bertz CT molecular complexity index is 639.